The van der Waals surface area contributed by atoms with Crippen LogP contribution >= 0.6 is 0 Å². The molecule has 1 aromatic rings. The van der Waals surface area contributed by atoms with E-state index in [4.69, 9.17) is 0 Å². The van der Waals surface area contributed by atoms with Crippen molar-refractivity contribution < 1.29 is 4.79 Å². The lowest BCUT2D eigenvalue weighted by atomic mass is 10.2. The fraction of sp³-hybridized carbons (Fsp3) is 0.273. The zero-order chi connectivity index (χ0) is 10.4. The fourth-order valence-corrected chi connectivity index (χ4v) is 0.929. The van der Waals surface area contributed by atoms with E-state index in [0.29, 0.717) is 11.6 Å². The minimum atomic E-state index is -0.0134. The Bertz CT molecular complexity index is 317. The Morgan fingerprint density at radius 2 is 2.07 bits per heavy atom. The van der Waals surface area contributed by atoms with Crippen molar-refractivity contribution in [1.29, 1.82) is 0 Å². The molecule has 1 heterocycles. The minimum Gasteiger partial charge on any atom is -0.389 e. The van der Waals surface area contributed by atoms with Crippen LogP contribution in [0, 0.1) is 0 Å². The van der Waals surface area contributed by atoms with Gasteiger partial charge in [0, 0.05) is 36.3 Å². The normalized spacial score (nSPS) is 10.8. The second-order valence-electron chi connectivity index (χ2n) is 3.25. The molecule has 0 saturated carbocycles. The molecule has 0 radical (unpaired) electrons. The highest BCUT2D eigenvalue weighted by Gasteiger charge is 1.98. The molecule has 0 aliphatic carbocycles. The van der Waals surface area contributed by atoms with Crippen LogP contribution in [0.15, 0.2) is 36.8 Å². The average molecular weight is 190 g/mol. The Morgan fingerprint density at radius 1 is 1.43 bits per heavy atom. The highest BCUT2D eigenvalue weighted by Crippen LogP contribution is 1.98. The first kappa shape index (κ1) is 10.4. The van der Waals surface area contributed by atoms with Crippen molar-refractivity contribution in [3.05, 3.63) is 42.4 Å². The van der Waals surface area contributed by atoms with Crippen molar-refractivity contribution in [2.45, 2.75) is 19.9 Å². The van der Waals surface area contributed by atoms with Gasteiger partial charge in [-0.15, -0.1) is 0 Å². The van der Waals surface area contributed by atoms with E-state index in [-0.39, 0.29) is 5.78 Å². The second kappa shape index (κ2) is 5.17. The number of carbonyl (C=O) groups excluding carboxylic acids is 1. The summed E-state index contributed by atoms with van der Waals surface area (Å²) in [5.41, 5.74) is 0.654. The van der Waals surface area contributed by atoms with Crippen molar-refractivity contribution in [2.24, 2.45) is 0 Å². The third-order valence-corrected chi connectivity index (χ3v) is 1.63. The number of pyridine rings is 1. The summed E-state index contributed by atoms with van der Waals surface area (Å²) in [6.07, 6.45) is 6.41. The smallest absolute Gasteiger partial charge is 0.187 e. The van der Waals surface area contributed by atoms with Gasteiger partial charge in [-0.2, -0.15) is 0 Å². The van der Waals surface area contributed by atoms with E-state index in [2.05, 4.69) is 10.3 Å². The zero-order valence-corrected chi connectivity index (χ0v) is 8.40. The van der Waals surface area contributed by atoms with Gasteiger partial charge in [-0.1, -0.05) is 0 Å². The van der Waals surface area contributed by atoms with Gasteiger partial charge in [0.15, 0.2) is 5.78 Å². The molecule has 0 unspecified atom stereocenters. The van der Waals surface area contributed by atoms with Gasteiger partial charge >= 0.3 is 0 Å². The molecule has 0 spiro atoms. The fourth-order valence-electron chi connectivity index (χ4n) is 0.929. The molecule has 1 aromatic heterocycles. The summed E-state index contributed by atoms with van der Waals surface area (Å²) >= 11 is 0. The molecule has 0 atom stereocenters. The first-order chi connectivity index (χ1) is 6.70. The van der Waals surface area contributed by atoms with Crippen LogP contribution < -0.4 is 5.32 Å². The lowest BCUT2D eigenvalue weighted by Crippen LogP contribution is -2.15. The maximum atomic E-state index is 11.5. The molecule has 3 nitrogen and oxygen atoms in total. The molecular weight excluding hydrogens is 176 g/mol. The topological polar surface area (TPSA) is 42.0 Å². The van der Waals surface area contributed by atoms with Crippen LogP contribution in [0.2, 0.25) is 0 Å². The lowest BCUT2D eigenvalue weighted by Gasteiger charge is -2.02. The van der Waals surface area contributed by atoms with Gasteiger partial charge in [0.05, 0.1) is 0 Å². The van der Waals surface area contributed by atoms with Crippen LogP contribution in [0.1, 0.15) is 24.2 Å². The Morgan fingerprint density at radius 3 is 2.64 bits per heavy atom. The number of hydrogen-bond donors (Lipinski definition) is 1. The van der Waals surface area contributed by atoms with Crippen molar-refractivity contribution in [3.8, 4) is 0 Å². The molecular formula is C11H14N2O. The summed E-state index contributed by atoms with van der Waals surface area (Å²) in [5.74, 6) is -0.0134. The number of ketones is 1. The van der Waals surface area contributed by atoms with E-state index in [9.17, 15) is 4.79 Å². The van der Waals surface area contributed by atoms with Crippen molar-refractivity contribution in [1.82, 2.24) is 10.3 Å². The van der Waals surface area contributed by atoms with Gasteiger partial charge in [0.2, 0.25) is 0 Å². The summed E-state index contributed by atoms with van der Waals surface area (Å²) in [6.45, 7) is 4.03. The maximum Gasteiger partial charge on any atom is 0.187 e. The first-order valence-electron chi connectivity index (χ1n) is 4.57. The number of rotatable bonds is 4. The molecule has 0 bridgehead atoms. The molecule has 3 heteroatoms. The summed E-state index contributed by atoms with van der Waals surface area (Å²) < 4.78 is 0. The molecule has 1 rings (SSSR count). The molecule has 1 N–H and O–H groups in total. The standard InChI is InChI=1S/C11H14N2O/c1-9(2)13-8-5-11(14)10-3-6-12-7-4-10/h3-9,13H,1-2H3/b8-5+. The van der Waals surface area contributed by atoms with Crippen LogP contribution in [0.5, 0.6) is 0 Å². The monoisotopic (exact) mass is 190 g/mol. The Balaban J connectivity index is 2.55. The number of nitrogens with one attached hydrogen (secondary N) is 1. The van der Waals surface area contributed by atoms with Crippen LogP contribution in [0.3, 0.4) is 0 Å². The molecule has 0 aromatic carbocycles. The van der Waals surface area contributed by atoms with Crippen molar-refractivity contribution in [3.63, 3.8) is 0 Å². The Hall–Kier alpha value is -1.64. The highest BCUT2D eigenvalue weighted by atomic mass is 16.1. The van der Waals surface area contributed by atoms with E-state index in [0.717, 1.165) is 0 Å². The predicted octanol–water partition coefficient (Wildman–Crippen LogP) is 1.78. The van der Waals surface area contributed by atoms with Crippen molar-refractivity contribution >= 4 is 5.78 Å². The van der Waals surface area contributed by atoms with Gasteiger partial charge in [-0.3, -0.25) is 9.78 Å². The summed E-state index contributed by atoms with van der Waals surface area (Å²) in [4.78, 5) is 15.3. The van der Waals surface area contributed by atoms with E-state index >= 15 is 0 Å². The van der Waals surface area contributed by atoms with E-state index in [1.165, 1.54) is 6.08 Å². The van der Waals surface area contributed by atoms with Gasteiger partial charge in [-0.25, -0.2) is 0 Å². The molecule has 0 aliphatic rings. The molecule has 0 aliphatic heterocycles. The van der Waals surface area contributed by atoms with E-state index in [1.807, 2.05) is 13.8 Å². The molecule has 0 fully saturated rings. The number of allylic oxidation sites excluding steroid dienone is 1. The Kier molecular flexibility index (Phi) is 3.85. The number of aromatic nitrogens is 1. The van der Waals surface area contributed by atoms with Crippen LogP contribution in [0.25, 0.3) is 0 Å². The average Bonchev–Trinajstić information content (AvgIpc) is 2.18. The summed E-state index contributed by atoms with van der Waals surface area (Å²) in [5, 5.41) is 3.03. The van der Waals surface area contributed by atoms with Crippen LogP contribution in [0.4, 0.5) is 0 Å². The predicted molar refractivity (Wildman–Crippen MR) is 56.0 cm³/mol. The summed E-state index contributed by atoms with van der Waals surface area (Å²) in [7, 11) is 0. The lowest BCUT2D eigenvalue weighted by molar-refractivity contribution is 0.104. The quantitative estimate of drug-likeness (QED) is 0.581. The molecule has 74 valence electrons. The zero-order valence-electron chi connectivity index (χ0n) is 8.40. The molecule has 0 amide bonds. The van der Waals surface area contributed by atoms with E-state index in [1.54, 1.807) is 30.7 Å². The number of carbonyl (C=O) groups is 1. The van der Waals surface area contributed by atoms with Crippen LogP contribution in [-0.2, 0) is 0 Å². The van der Waals surface area contributed by atoms with Gasteiger partial charge < -0.3 is 5.32 Å². The van der Waals surface area contributed by atoms with E-state index < -0.39 is 0 Å². The van der Waals surface area contributed by atoms with Gasteiger partial charge in [0.1, 0.15) is 0 Å². The number of nitrogens with zero attached hydrogens (tertiary/aromatic N) is 1. The Labute approximate surface area is 83.9 Å². The largest absolute Gasteiger partial charge is 0.389 e. The minimum absolute atomic E-state index is 0.0134. The SMILES string of the molecule is CC(C)N/C=C/C(=O)c1ccncc1. The molecule has 14 heavy (non-hydrogen) atoms. The maximum absolute atomic E-state index is 11.5. The van der Waals surface area contributed by atoms with Gasteiger partial charge in [-0.05, 0) is 26.0 Å². The van der Waals surface area contributed by atoms with Crippen molar-refractivity contribution in [2.75, 3.05) is 0 Å². The third-order valence-electron chi connectivity index (χ3n) is 1.63. The van der Waals surface area contributed by atoms with Crippen LogP contribution in [-0.4, -0.2) is 16.8 Å². The second-order valence-corrected chi connectivity index (χ2v) is 3.25. The first-order valence-corrected chi connectivity index (χ1v) is 4.57. The van der Waals surface area contributed by atoms with Gasteiger partial charge in [0.25, 0.3) is 0 Å². The summed E-state index contributed by atoms with van der Waals surface area (Å²) in [6, 6.07) is 3.74. The molecule has 0 saturated heterocycles. The highest BCUT2D eigenvalue weighted by molar-refractivity contribution is 6.04. The third kappa shape index (κ3) is 3.39. The number of hydrogen-bond acceptors (Lipinski definition) is 3.